The number of amides is 2. The van der Waals surface area contributed by atoms with Gasteiger partial charge >= 0.3 is 0 Å². The van der Waals surface area contributed by atoms with Crippen molar-refractivity contribution in [2.45, 2.75) is 25.3 Å². The molecule has 4 N–H and O–H groups in total. The van der Waals surface area contributed by atoms with Crippen LogP contribution in [0.15, 0.2) is 48.5 Å². The summed E-state index contributed by atoms with van der Waals surface area (Å²) in [6.45, 7) is 0.871. The summed E-state index contributed by atoms with van der Waals surface area (Å²) < 4.78 is 0. The quantitative estimate of drug-likeness (QED) is 0.559. The fourth-order valence-corrected chi connectivity index (χ4v) is 3.28. The molecule has 0 radical (unpaired) electrons. The van der Waals surface area contributed by atoms with Crippen molar-refractivity contribution in [3.63, 3.8) is 0 Å². The number of aromatic nitrogens is 2. The summed E-state index contributed by atoms with van der Waals surface area (Å²) in [6, 6.07) is 14.9. The number of nitrogens with one attached hydrogen (secondary N) is 4. The van der Waals surface area contributed by atoms with E-state index in [1.54, 1.807) is 0 Å². The van der Waals surface area contributed by atoms with Gasteiger partial charge in [0.25, 0.3) is 0 Å². The molecule has 1 aromatic heterocycles. The predicted molar refractivity (Wildman–Crippen MR) is 105 cm³/mol. The minimum absolute atomic E-state index is 0.0370. The van der Waals surface area contributed by atoms with Crippen LogP contribution in [-0.4, -0.2) is 34.6 Å². The summed E-state index contributed by atoms with van der Waals surface area (Å²) >= 11 is 0. The van der Waals surface area contributed by atoms with Gasteiger partial charge in [0.05, 0.1) is 18.0 Å². The van der Waals surface area contributed by atoms with E-state index in [1.165, 1.54) is 0 Å². The molecule has 0 bridgehead atoms. The third-order valence-corrected chi connectivity index (χ3v) is 4.67. The standard InChI is InChI=1S/C20H21N5O2/c26-18(11-13-5-2-1-3-6-13)23-19-15-12-14(8-9-16(15)24-25-19)22-20(27)17-7-4-10-21-17/h1-3,5-6,8-9,12,17,21H,4,7,10-11H2,(H,22,27)(H2,23,24,25,26). The van der Waals surface area contributed by atoms with Crippen LogP contribution < -0.4 is 16.0 Å². The fourth-order valence-electron chi connectivity index (χ4n) is 3.28. The van der Waals surface area contributed by atoms with Crippen LogP contribution in [0.4, 0.5) is 11.5 Å². The second-order valence-corrected chi connectivity index (χ2v) is 6.68. The molecule has 2 amide bonds. The van der Waals surface area contributed by atoms with Crippen molar-refractivity contribution >= 4 is 34.2 Å². The Balaban J connectivity index is 1.48. The zero-order chi connectivity index (χ0) is 18.6. The molecule has 2 heterocycles. The molecular weight excluding hydrogens is 342 g/mol. The van der Waals surface area contributed by atoms with Crippen molar-refractivity contribution in [2.75, 3.05) is 17.2 Å². The number of rotatable bonds is 5. The summed E-state index contributed by atoms with van der Waals surface area (Å²) in [7, 11) is 0. The van der Waals surface area contributed by atoms with E-state index in [0.717, 1.165) is 35.9 Å². The topological polar surface area (TPSA) is 98.9 Å². The maximum absolute atomic E-state index is 12.3. The van der Waals surface area contributed by atoms with Crippen LogP contribution in [-0.2, 0) is 16.0 Å². The number of carbonyl (C=O) groups is 2. The molecule has 2 aromatic carbocycles. The van der Waals surface area contributed by atoms with Gasteiger partial charge in [-0.1, -0.05) is 30.3 Å². The number of hydrogen-bond acceptors (Lipinski definition) is 4. The molecule has 1 unspecified atom stereocenters. The highest BCUT2D eigenvalue weighted by Crippen LogP contribution is 2.24. The predicted octanol–water partition coefficient (Wildman–Crippen LogP) is 2.43. The van der Waals surface area contributed by atoms with Crippen LogP contribution in [0.1, 0.15) is 18.4 Å². The lowest BCUT2D eigenvalue weighted by Gasteiger charge is -2.11. The van der Waals surface area contributed by atoms with Crippen molar-refractivity contribution in [1.29, 1.82) is 0 Å². The Morgan fingerprint density at radius 2 is 1.96 bits per heavy atom. The molecule has 1 saturated heterocycles. The smallest absolute Gasteiger partial charge is 0.241 e. The lowest BCUT2D eigenvalue weighted by Crippen LogP contribution is -2.35. The van der Waals surface area contributed by atoms with Gasteiger partial charge in [-0.3, -0.25) is 14.7 Å². The van der Waals surface area contributed by atoms with Crippen LogP contribution in [0.2, 0.25) is 0 Å². The Labute approximate surface area is 156 Å². The minimum atomic E-state index is -0.143. The van der Waals surface area contributed by atoms with Gasteiger partial charge in [-0.05, 0) is 43.1 Å². The third kappa shape index (κ3) is 3.98. The summed E-state index contributed by atoms with van der Waals surface area (Å²) in [5.41, 5.74) is 2.41. The average Bonchev–Trinajstić information content (AvgIpc) is 3.33. The van der Waals surface area contributed by atoms with Gasteiger partial charge in [0.15, 0.2) is 5.82 Å². The summed E-state index contributed by atoms with van der Waals surface area (Å²) in [5, 5.41) is 16.8. The van der Waals surface area contributed by atoms with Crippen LogP contribution in [0, 0.1) is 0 Å². The van der Waals surface area contributed by atoms with Gasteiger partial charge in [0.1, 0.15) is 0 Å². The first-order valence-electron chi connectivity index (χ1n) is 9.05. The van der Waals surface area contributed by atoms with E-state index < -0.39 is 0 Å². The largest absolute Gasteiger partial charge is 0.325 e. The van der Waals surface area contributed by atoms with E-state index in [-0.39, 0.29) is 24.3 Å². The highest BCUT2D eigenvalue weighted by Gasteiger charge is 2.22. The maximum Gasteiger partial charge on any atom is 0.241 e. The Bertz CT molecular complexity index is 961. The van der Waals surface area contributed by atoms with E-state index >= 15 is 0 Å². The van der Waals surface area contributed by atoms with Gasteiger partial charge in [-0.2, -0.15) is 5.10 Å². The van der Waals surface area contributed by atoms with Crippen molar-refractivity contribution in [3.8, 4) is 0 Å². The summed E-state index contributed by atoms with van der Waals surface area (Å²) in [4.78, 5) is 24.6. The second-order valence-electron chi connectivity index (χ2n) is 6.68. The average molecular weight is 363 g/mol. The van der Waals surface area contributed by atoms with E-state index in [9.17, 15) is 9.59 Å². The van der Waals surface area contributed by atoms with Crippen molar-refractivity contribution < 1.29 is 9.59 Å². The molecule has 0 spiro atoms. The molecule has 1 atom stereocenters. The molecule has 7 nitrogen and oxygen atoms in total. The molecule has 4 rings (SSSR count). The molecular formula is C20H21N5O2. The minimum Gasteiger partial charge on any atom is -0.325 e. The lowest BCUT2D eigenvalue weighted by atomic mass is 10.1. The van der Waals surface area contributed by atoms with E-state index in [1.807, 2.05) is 48.5 Å². The molecule has 0 aliphatic carbocycles. The second kappa shape index (κ2) is 7.59. The van der Waals surface area contributed by atoms with E-state index in [4.69, 9.17) is 0 Å². The molecule has 0 saturated carbocycles. The molecule has 1 fully saturated rings. The number of H-pyrrole nitrogens is 1. The molecule has 3 aromatic rings. The Morgan fingerprint density at radius 1 is 1.11 bits per heavy atom. The van der Waals surface area contributed by atoms with Crippen LogP contribution in [0.5, 0.6) is 0 Å². The van der Waals surface area contributed by atoms with Crippen molar-refractivity contribution in [3.05, 3.63) is 54.1 Å². The third-order valence-electron chi connectivity index (χ3n) is 4.67. The zero-order valence-electron chi connectivity index (χ0n) is 14.8. The SMILES string of the molecule is O=C(Cc1ccccc1)Nc1n[nH]c2ccc(NC(=O)C3CCCN3)cc12. The molecule has 27 heavy (non-hydrogen) atoms. The number of aromatic amines is 1. The monoisotopic (exact) mass is 363 g/mol. The summed E-state index contributed by atoms with van der Waals surface area (Å²) in [6.07, 6.45) is 2.13. The molecule has 1 aliphatic heterocycles. The zero-order valence-corrected chi connectivity index (χ0v) is 14.8. The normalized spacial score (nSPS) is 16.4. The highest BCUT2D eigenvalue weighted by atomic mass is 16.2. The number of benzene rings is 2. The molecule has 138 valence electrons. The number of fused-ring (bicyclic) bond motifs is 1. The maximum atomic E-state index is 12.3. The van der Waals surface area contributed by atoms with Crippen molar-refractivity contribution in [2.24, 2.45) is 0 Å². The van der Waals surface area contributed by atoms with Gasteiger partial charge in [0, 0.05) is 11.1 Å². The Morgan fingerprint density at radius 3 is 2.74 bits per heavy atom. The van der Waals surface area contributed by atoms with E-state index in [0.29, 0.717) is 11.5 Å². The van der Waals surface area contributed by atoms with Crippen LogP contribution in [0.25, 0.3) is 10.9 Å². The first-order valence-corrected chi connectivity index (χ1v) is 9.05. The van der Waals surface area contributed by atoms with Gasteiger partial charge in [-0.15, -0.1) is 0 Å². The first-order chi connectivity index (χ1) is 13.2. The van der Waals surface area contributed by atoms with Crippen LogP contribution >= 0.6 is 0 Å². The number of carbonyl (C=O) groups excluding carboxylic acids is 2. The van der Waals surface area contributed by atoms with Gasteiger partial charge in [-0.25, -0.2) is 0 Å². The fraction of sp³-hybridized carbons (Fsp3) is 0.250. The molecule has 1 aliphatic rings. The van der Waals surface area contributed by atoms with Gasteiger partial charge in [0.2, 0.25) is 11.8 Å². The highest BCUT2D eigenvalue weighted by molar-refractivity contribution is 6.03. The Hall–Kier alpha value is -3.19. The summed E-state index contributed by atoms with van der Waals surface area (Å²) in [5.74, 6) is 0.283. The Kier molecular flexibility index (Phi) is 4.84. The number of nitrogens with zero attached hydrogens (tertiary/aromatic N) is 1. The van der Waals surface area contributed by atoms with E-state index in [2.05, 4.69) is 26.1 Å². The van der Waals surface area contributed by atoms with Crippen molar-refractivity contribution in [1.82, 2.24) is 15.5 Å². The van der Waals surface area contributed by atoms with Gasteiger partial charge < -0.3 is 16.0 Å². The van der Waals surface area contributed by atoms with Crippen LogP contribution in [0.3, 0.4) is 0 Å². The number of anilines is 2. The lowest BCUT2D eigenvalue weighted by molar-refractivity contribution is -0.118. The first kappa shape index (κ1) is 17.2. The molecule has 7 heteroatoms. The number of hydrogen-bond donors (Lipinski definition) is 4.